The van der Waals surface area contributed by atoms with E-state index in [1.807, 2.05) is 36.9 Å². The molecule has 0 saturated carbocycles. The van der Waals surface area contributed by atoms with E-state index in [-0.39, 0.29) is 0 Å². The van der Waals surface area contributed by atoms with Crippen molar-refractivity contribution in [3.8, 4) is 5.75 Å². The van der Waals surface area contributed by atoms with Crippen LogP contribution in [0.2, 0.25) is 5.02 Å². The standard InChI is InChI=1S/C13H16ClN3O/c1-9-6-11(17(2)16-9)8-15-12-7-10(14)4-5-13(12)18-3/h4-7,15H,8H2,1-3H3. The number of rotatable bonds is 4. The molecule has 0 spiro atoms. The van der Waals surface area contributed by atoms with Crippen molar-refractivity contribution in [2.24, 2.45) is 7.05 Å². The number of methoxy groups -OCH3 is 1. The predicted molar refractivity (Wildman–Crippen MR) is 73.3 cm³/mol. The van der Waals surface area contributed by atoms with E-state index in [2.05, 4.69) is 10.4 Å². The molecule has 96 valence electrons. The van der Waals surface area contributed by atoms with Crippen molar-refractivity contribution in [3.63, 3.8) is 0 Å². The van der Waals surface area contributed by atoms with E-state index in [1.54, 1.807) is 13.2 Å². The molecule has 0 amide bonds. The Labute approximate surface area is 112 Å². The molecule has 1 heterocycles. The average Bonchev–Trinajstić information content (AvgIpc) is 2.65. The molecule has 1 aromatic carbocycles. The lowest BCUT2D eigenvalue weighted by molar-refractivity contribution is 0.416. The molecule has 2 rings (SSSR count). The summed E-state index contributed by atoms with van der Waals surface area (Å²) >= 11 is 5.98. The fourth-order valence-electron chi connectivity index (χ4n) is 1.83. The molecule has 0 fully saturated rings. The molecule has 0 aliphatic heterocycles. The Morgan fingerprint density at radius 2 is 2.17 bits per heavy atom. The Hall–Kier alpha value is -1.68. The van der Waals surface area contributed by atoms with E-state index in [0.29, 0.717) is 11.6 Å². The van der Waals surface area contributed by atoms with Crippen LogP contribution in [0.25, 0.3) is 0 Å². The quantitative estimate of drug-likeness (QED) is 0.924. The van der Waals surface area contributed by atoms with Gasteiger partial charge in [-0.3, -0.25) is 4.68 Å². The zero-order valence-corrected chi connectivity index (χ0v) is 11.5. The molecule has 0 atom stereocenters. The van der Waals surface area contributed by atoms with Crippen LogP contribution in [0.4, 0.5) is 5.69 Å². The van der Waals surface area contributed by atoms with E-state index >= 15 is 0 Å². The molecular formula is C13H16ClN3O. The average molecular weight is 266 g/mol. The van der Waals surface area contributed by atoms with Gasteiger partial charge in [0.2, 0.25) is 0 Å². The third-order valence-corrected chi connectivity index (χ3v) is 2.96. The maximum atomic E-state index is 5.98. The first-order chi connectivity index (χ1) is 8.60. The van der Waals surface area contributed by atoms with Crippen LogP contribution in [0.15, 0.2) is 24.3 Å². The van der Waals surface area contributed by atoms with Gasteiger partial charge in [0, 0.05) is 12.1 Å². The molecule has 1 aromatic heterocycles. The summed E-state index contributed by atoms with van der Waals surface area (Å²) in [6.45, 7) is 2.65. The van der Waals surface area contributed by atoms with Gasteiger partial charge in [0.1, 0.15) is 5.75 Å². The number of nitrogens with zero attached hydrogens (tertiary/aromatic N) is 2. The molecule has 0 bridgehead atoms. The Morgan fingerprint density at radius 3 is 2.78 bits per heavy atom. The minimum Gasteiger partial charge on any atom is -0.495 e. The number of aryl methyl sites for hydroxylation is 2. The number of hydrogen-bond acceptors (Lipinski definition) is 3. The number of aromatic nitrogens is 2. The summed E-state index contributed by atoms with van der Waals surface area (Å²) in [6, 6.07) is 7.55. The summed E-state index contributed by atoms with van der Waals surface area (Å²) in [4.78, 5) is 0. The highest BCUT2D eigenvalue weighted by atomic mass is 35.5. The number of ether oxygens (including phenoxy) is 1. The van der Waals surface area contributed by atoms with Crippen LogP contribution in [-0.4, -0.2) is 16.9 Å². The highest BCUT2D eigenvalue weighted by Gasteiger charge is 2.06. The van der Waals surface area contributed by atoms with Gasteiger partial charge in [0.15, 0.2) is 0 Å². The van der Waals surface area contributed by atoms with Crippen molar-refractivity contribution >= 4 is 17.3 Å². The number of anilines is 1. The number of hydrogen-bond donors (Lipinski definition) is 1. The van der Waals surface area contributed by atoms with Gasteiger partial charge < -0.3 is 10.1 Å². The lowest BCUT2D eigenvalue weighted by Gasteiger charge is -2.11. The minimum atomic E-state index is 0.675. The molecule has 5 heteroatoms. The first kappa shape index (κ1) is 12.8. The van der Waals surface area contributed by atoms with Crippen LogP contribution in [-0.2, 0) is 13.6 Å². The molecule has 0 saturated heterocycles. The van der Waals surface area contributed by atoms with Crippen molar-refractivity contribution in [3.05, 3.63) is 40.7 Å². The van der Waals surface area contributed by atoms with Crippen molar-refractivity contribution in [2.75, 3.05) is 12.4 Å². The maximum Gasteiger partial charge on any atom is 0.142 e. The maximum absolute atomic E-state index is 5.98. The normalized spacial score (nSPS) is 10.4. The van der Waals surface area contributed by atoms with Crippen molar-refractivity contribution in [2.45, 2.75) is 13.5 Å². The Balaban J connectivity index is 2.14. The van der Waals surface area contributed by atoms with Crippen LogP contribution in [0, 0.1) is 6.92 Å². The zero-order valence-electron chi connectivity index (χ0n) is 10.7. The molecule has 0 radical (unpaired) electrons. The summed E-state index contributed by atoms with van der Waals surface area (Å²) in [5.74, 6) is 0.776. The van der Waals surface area contributed by atoms with E-state index in [4.69, 9.17) is 16.3 Å². The number of halogens is 1. The Morgan fingerprint density at radius 1 is 1.39 bits per heavy atom. The van der Waals surface area contributed by atoms with Gasteiger partial charge in [0.25, 0.3) is 0 Å². The van der Waals surface area contributed by atoms with Crippen molar-refractivity contribution < 1.29 is 4.74 Å². The topological polar surface area (TPSA) is 39.1 Å². The molecule has 0 unspecified atom stereocenters. The lowest BCUT2D eigenvalue weighted by atomic mass is 10.2. The van der Waals surface area contributed by atoms with Crippen LogP contribution in [0.3, 0.4) is 0 Å². The van der Waals surface area contributed by atoms with Gasteiger partial charge in [-0.25, -0.2) is 0 Å². The summed E-state index contributed by atoms with van der Waals surface area (Å²) in [6.07, 6.45) is 0. The van der Waals surface area contributed by atoms with Gasteiger partial charge in [-0.15, -0.1) is 0 Å². The van der Waals surface area contributed by atoms with Gasteiger partial charge in [-0.05, 0) is 31.2 Å². The summed E-state index contributed by atoms with van der Waals surface area (Å²) in [7, 11) is 3.57. The Kier molecular flexibility index (Phi) is 3.77. The van der Waals surface area contributed by atoms with Crippen molar-refractivity contribution in [1.82, 2.24) is 9.78 Å². The zero-order chi connectivity index (χ0) is 13.1. The molecule has 0 aliphatic rings. The first-order valence-corrected chi connectivity index (χ1v) is 6.05. The largest absolute Gasteiger partial charge is 0.495 e. The second-order valence-electron chi connectivity index (χ2n) is 4.10. The monoisotopic (exact) mass is 265 g/mol. The smallest absolute Gasteiger partial charge is 0.142 e. The molecule has 4 nitrogen and oxygen atoms in total. The fraction of sp³-hybridized carbons (Fsp3) is 0.308. The van der Waals surface area contributed by atoms with Crippen molar-refractivity contribution in [1.29, 1.82) is 0 Å². The SMILES string of the molecule is COc1ccc(Cl)cc1NCc1cc(C)nn1C. The summed E-state index contributed by atoms with van der Waals surface area (Å²) in [5.41, 5.74) is 2.99. The van der Waals surface area contributed by atoms with Crippen LogP contribution in [0.5, 0.6) is 5.75 Å². The van der Waals surface area contributed by atoms with Gasteiger partial charge in [-0.1, -0.05) is 11.6 Å². The second kappa shape index (κ2) is 5.31. The van der Waals surface area contributed by atoms with Crippen LogP contribution < -0.4 is 10.1 Å². The lowest BCUT2D eigenvalue weighted by Crippen LogP contribution is -2.06. The third-order valence-electron chi connectivity index (χ3n) is 2.72. The minimum absolute atomic E-state index is 0.675. The van der Waals surface area contributed by atoms with E-state index in [0.717, 1.165) is 22.8 Å². The third kappa shape index (κ3) is 2.76. The van der Waals surface area contributed by atoms with E-state index in [9.17, 15) is 0 Å². The predicted octanol–water partition coefficient (Wildman–Crippen LogP) is 3.00. The molecule has 18 heavy (non-hydrogen) atoms. The van der Waals surface area contributed by atoms with Crippen LogP contribution in [0.1, 0.15) is 11.4 Å². The highest BCUT2D eigenvalue weighted by Crippen LogP contribution is 2.28. The molecule has 0 aliphatic carbocycles. The highest BCUT2D eigenvalue weighted by molar-refractivity contribution is 6.30. The molecule has 2 aromatic rings. The molecular weight excluding hydrogens is 250 g/mol. The second-order valence-corrected chi connectivity index (χ2v) is 4.54. The summed E-state index contributed by atoms with van der Waals surface area (Å²) in [5, 5.41) is 8.29. The van der Waals surface area contributed by atoms with E-state index < -0.39 is 0 Å². The van der Waals surface area contributed by atoms with Gasteiger partial charge in [-0.2, -0.15) is 5.10 Å². The summed E-state index contributed by atoms with van der Waals surface area (Å²) < 4.78 is 7.14. The fourth-order valence-corrected chi connectivity index (χ4v) is 2.01. The number of benzene rings is 1. The van der Waals surface area contributed by atoms with Gasteiger partial charge in [0.05, 0.1) is 30.7 Å². The Bertz CT molecular complexity index is 551. The molecule has 1 N–H and O–H groups in total. The van der Waals surface area contributed by atoms with E-state index in [1.165, 1.54) is 0 Å². The van der Waals surface area contributed by atoms with Crippen LogP contribution >= 0.6 is 11.6 Å². The van der Waals surface area contributed by atoms with Gasteiger partial charge >= 0.3 is 0 Å². The number of nitrogens with one attached hydrogen (secondary N) is 1. The first-order valence-electron chi connectivity index (χ1n) is 5.67.